The van der Waals surface area contributed by atoms with Crippen LogP contribution in [0, 0.1) is 0 Å². The summed E-state index contributed by atoms with van der Waals surface area (Å²) in [6.45, 7) is -0.604. The number of sulfonamides is 1. The lowest BCUT2D eigenvalue weighted by Gasteiger charge is -2.08. The largest absolute Gasteiger partial charge is 0.494 e. The van der Waals surface area contributed by atoms with E-state index >= 15 is 0 Å². The Morgan fingerprint density at radius 2 is 1.89 bits per heavy atom. The van der Waals surface area contributed by atoms with Gasteiger partial charge >= 0.3 is 0 Å². The second kappa shape index (κ2) is 7.37. The van der Waals surface area contributed by atoms with Crippen molar-refractivity contribution >= 4 is 10.0 Å². The van der Waals surface area contributed by atoms with Gasteiger partial charge in [0.05, 0.1) is 18.0 Å². The van der Waals surface area contributed by atoms with E-state index in [-0.39, 0.29) is 11.5 Å². The Bertz CT molecular complexity index is 476. The summed E-state index contributed by atoms with van der Waals surface area (Å²) in [5.41, 5.74) is 0. The predicted octanol–water partition coefficient (Wildman–Crippen LogP) is 0.991. The molecule has 0 bridgehead atoms. The summed E-state index contributed by atoms with van der Waals surface area (Å²) >= 11 is 0. The van der Waals surface area contributed by atoms with Crippen LogP contribution in [0.25, 0.3) is 0 Å². The molecule has 0 saturated carbocycles. The summed E-state index contributed by atoms with van der Waals surface area (Å²) in [5, 5.41) is 8.57. The second-order valence-electron chi connectivity index (χ2n) is 3.64. The normalized spacial score (nSPS) is 11.8. The summed E-state index contributed by atoms with van der Waals surface area (Å²) in [5.74, 6) is 0.446. The monoisotopic (exact) mass is 295 g/mol. The molecule has 1 aromatic carbocycles. The first kappa shape index (κ1) is 15.8. The number of ether oxygens (including phenoxy) is 1. The van der Waals surface area contributed by atoms with Crippen LogP contribution in [-0.4, -0.2) is 39.7 Å². The van der Waals surface area contributed by atoms with E-state index in [9.17, 15) is 17.2 Å². The predicted molar refractivity (Wildman–Crippen MR) is 64.8 cm³/mol. The molecule has 19 heavy (non-hydrogen) atoms. The van der Waals surface area contributed by atoms with Crippen LogP contribution in [0.5, 0.6) is 5.75 Å². The van der Waals surface area contributed by atoms with E-state index in [1.54, 1.807) is 4.72 Å². The van der Waals surface area contributed by atoms with Gasteiger partial charge < -0.3 is 9.84 Å². The van der Waals surface area contributed by atoms with Gasteiger partial charge in [0.1, 0.15) is 5.75 Å². The molecular weight excluding hydrogens is 280 g/mol. The highest BCUT2D eigenvalue weighted by atomic mass is 32.2. The maximum absolute atomic E-state index is 12.0. The fourth-order valence-corrected chi connectivity index (χ4v) is 2.23. The molecule has 1 rings (SSSR count). The van der Waals surface area contributed by atoms with Crippen molar-refractivity contribution < 1.29 is 27.0 Å². The molecule has 2 N–H and O–H groups in total. The van der Waals surface area contributed by atoms with Gasteiger partial charge in [-0.1, -0.05) is 0 Å². The highest BCUT2D eigenvalue weighted by Gasteiger charge is 2.15. The zero-order valence-electron chi connectivity index (χ0n) is 10.1. The van der Waals surface area contributed by atoms with E-state index in [1.807, 2.05) is 0 Å². The van der Waals surface area contributed by atoms with Gasteiger partial charge in [0.2, 0.25) is 10.0 Å². The molecule has 0 spiro atoms. The van der Waals surface area contributed by atoms with Crippen molar-refractivity contribution in [3.05, 3.63) is 24.3 Å². The smallest absolute Gasteiger partial charge is 0.251 e. The van der Waals surface area contributed by atoms with Crippen LogP contribution in [0.3, 0.4) is 0 Å². The minimum absolute atomic E-state index is 0.00398. The Kier molecular flexibility index (Phi) is 6.13. The van der Waals surface area contributed by atoms with Crippen LogP contribution in [0.4, 0.5) is 8.78 Å². The van der Waals surface area contributed by atoms with Gasteiger partial charge in [0, 0.05) is 13.0 Å². The lowest BCUT2D eigenvalue weighted by molar-refractivity contribution is 0.153. The molecule has 0 aromatic heterocycles. The number of rotatable bonds is 8. The van der Waals surface area contributed by atoms with Crippen LogP contribution in [0.2, 0.25) is 0 Å². The first-order chi connectivity index (χ1) is 8.95. The number of aliphatic hydroxyl groups is 1. The van der Waals surface area contributed by atoms with Gasteiger partial charge in [0.15, 0.2) is 0 Å². The molecule has 0 saturated heterocycles. The Hall–Kier alpha value is -1.25. The maximum Gasteiger partial charge on any atom is 0.251 e. The average Bonchev–Trinajstić information content (AvgIpc) is 2.37. The van der Waals surface area contributed by atoms with E-state index in [0.29, 0.717) is 18.8 Å². The lowest BCUT2D eigenvalue weighted by Crippen LogP contribution is -2.28. The molecule has 0 aliphatic carbocycles. The number of nitrogens with one attached hydrogen (secondary N) is 1. The molecule has 0 fully saturated rings. The van der Waals surface area contributed by atoms with Crippen LogP contribution in [0.1, 0.15) is 6.42 Å². The van der Waals surface area contributed by atoms with E-state index in [0.717, 1.165) is 0 Å². The van der Waals surface area contributed by atoms with Crippen molar-refractivity contribution in [1.82, 2.24) is 4.72 Å². The molecule has 0 radical (unpaired) electrons. The van der Waals surface area contributed by atoms with Crippen molar-refractivity contribution in [2.24, 2.45) is 0 Å². The van der Waals surface area contributed by atoms with E-state index < -0.39 is 23.0 Å². The molecule has 0 amide bonds. The third kappa shape index (κ3) is 5.50. The van der Waals surface area contributed by atoms with Gasteiger partial charge in [0.25, 0.3) is 6.43 Å². The summed E-state index contributed by atoms with van der Waals surface area (Å²) in [4.78, 5) is -0.109. The van der Waals surface area contributed by atoms with Gasteiger partial charge in [-0.05, 0) is 24.3 Å². The van der Waals surface area contributed by atoms with Crippen LogP contribution >= 0.6 is 0 Å². The first-order valence-electron chi connectivity index (χ1n) is 5.57. The highest BCUT2D eigenvalue weighted by molar-refractivity contribution is 7.89. The Balaban J connectivity index is 2.64. The van der Waals surface area contributed by atoms with E-state index in [2.05, 4.69) is 0 Å². The molecule has 0 atom stereocenters. The van der Waals surface area contributed by atoms with Gasteiger partial charge in [-0.2, -0.15) is 0 Å². The second-order valence-corrected chi connectivity index (χ2v) is 5.41. The first-order valence-corrected chi connectivity index (χ1v) is 7.05. The maximum atomic E-state index is 12.0. The minimum atomic E-state index is -3.92. The summed E-state index contributed by atoms with van der Waals surface area (Å²) in [7, 11) is -3.92. The fraction of sp³-hybridized carbons (Fsp3) is 0.455. The third-order valence-electron chi connectivity index (χ3n) is 2.13. The molecule has 5 nitrogen and oxygen atoms in total. The zero-order chi connectivity index (χ0) is 14.3. The number of alkyl halides is 2. The average molecular weight is 295 g/mol. The molecule has 0 heterocycles. The SMILES string of the molecule is O=S(=O)(NCC(F)F)c1ccc(OCCCO)cc1. The molecule has 1 aromatic rings. The molecule has 8 heteroatoms. The van der Waals surface area contributed by atoms with Gasteiger partial charge in [-0.3, -0.25) is 0 Å². The molecular formula is C11H15F2NO4S. The molecule has 0 unspecified atom stereocenters. The molecule has 0 aliphatic heterocycles. The zero-order valence-corrected chi connectivity index (χ0v) is 10.9. The Morgan fingerprint density at radius 1 is 1.26 bits per heavy atom. The molecule has 0 aliphatic rings. The lowest BCUT2D eigenvalue weighted by atomic mass is 10.3. The summed E-state index contributed by atoms with van der Waals surface area (Å²) in [6.07, 6.45) is -2.27. The third-order valence-corrected chi connectivity index (χ3v) is 3.57. The topological polar surface area (TPSA) is 75.6 Å². The Labute approximate surface area is 110 Å². The summed E-state index contributed by atoms with van der Waals surface area (Å²) < 4.78 is 54.1. The Morgan fingerprint density at radius 3 is 2.42 bits per heavy atom. The summed E-state index contributed by atoms with van der Waals surface area (Å²) in [6, 6.07) is 5.38. The number of aliphatic hydroxyl groups excluding tert-OH is 1. The number of halogens is 2. The number of benzene rings is 1. The highest BCUT2D eigenvalue weighted by Crippen LogP contribution is 2.16. The van der Waals surface area contributed by atoms with E-state index in [1.165, 1.54) is 24.3 Å². The standard InChI is InChI=1S/C11H15F2NO4S/c12-11(13)8-14-19(16,17)10-4-2-9(3-5-10)18-7-1-6-15/h2-5,11,14-15H,1,6-8H2. The number of hydrogen-bond acceptors (Lipinski definition) is 4. The van der Waals surface area contributed by atoms with Crippen molar-refractivity contribution in [3.8, 4) is 5.75 Å². The number of hydrogen-bond donors (Lipinski definition) is 2. The fourth-order valence-electron chi connectivity index (χ4n) is 1.23. The van der Waals surface area contributed by atoms with Crippen molar-refractivity contribution in [2.45, 2.75) is 17.7 Å². The van der Waals surface area contributed by atoms with Gasteiger partial charge in [-0.25, -0.2) is 21.9 Å². The van der Waals surface area contributed by atoms with Gasteiger partial charge in [-0.15, -0.1) is 0 Å². The van der Waals surface area contributed by atoms with Crippen molar-refractivity contribution in [3.63, 3.8) is 0 Å². The minimum Gasteiger partial charge on any atom is -0.494 e. The van der Waals surface area contributed by atoms with Crippen LogP contribution in [0.15, 0.2) is 29.2 Å². The van der Waals surface area contributed by atoms with Crippen molar-refractivity contribution in [2.75, 3.05) is 19.8 Å². The van der Waals surface area contributed by atoms with E-state index in [4.69, 9.17) is 9.84 Å². The van der Waals surface area contributed by atoms with Crippen molar-refractivity contribution in [1.29, 1.82) is 0 Å². The quantitative estimate of drug-likeness (QED) is 0.701. The van der Waals surface area contributed by atoms with Crippen LogP contribution < -0.4 is 9.46 Å². The van der Waals surface area contributed by atoms with Crippen LogP contribution in [-0.2, 0) is 10.0 Å². The molecule has 108 valence electrons.